The third-order valence-electron chi connectivity index (χ3n) is 12.2. The van der Waals surface area contributed by atoms with Crippen LogP contribution < -0.4 is 0 Å². The van der Waals surface area contributed by atoms with E-state index >= 15 is 0 Å². The first-order chi connectivity index (χ1) is 34.0. The van der Waals surface area contributed by atoms with Gasteiger partial charge in [0.15, 0.2) is 6.10 Å². The van der Waals surface area contributed by atoms with E-state index in [1.165, 1.54) is 141 Å². The minimum absolute atomic E-state index is 0.0973. The van der Waals surface area contributed by atoms with Crippen LogP contribution in [-0.2, 0) is 28.6 Å². The molecule has 0 aliphatic heterocycles. The van der Waals surface area contributed by atoms with Gasteiger partial charge in [-0.2, -0.15) is 0 Å². The normalized spacial score (nSPS) is 12.8. The van der Waals surface area contributed by atoms with Crippen molar-refractivity contribution in [2.24, 2.45) is 0 Å². The molecule has 69 heavy (non-hydrogen) atoms. The van der Waals surface area contributed by atoms with Crippen molar-refractivity contribution in [1.82, 2.24) is 0 Å². The Morgan fingerprint density at radius 2 is 0.623 bits per heavy atom. The van der Waals surface area contributed by atoms with Crippen molar-refractivity contribution in [3.8, 4) is 0 Å². The fourth-order valence-corrected chi connectivity index (χ4v) is 7.84. The van der Waals surface area contributed by atoms with Crippen LogP contribution in [0.5, 0.6) is 0 Å². The summed E-state index contributed by atoms with van der Waals surface area (Å²) in [5, 5.41) is 0. The number of hydrogen-bond donors (Lipinski definition) is 0. The summed E-state index contributed by atoms with van der Waals surface area (Å²) in [6, 6.07) is 0. The molecule has 0 fully saturated rings. The summed E-state index contributed by atoms with van der Waals surface area (Å²) in [6.45, 7) is 6.43. The highest BCUT2D eigenvalue weighted by atomic mass is 16.6. The van der Waals surface area contributed by atoms with Crippen molar-refractivity contribution in [2.75, 3.05) is 13.2 Å². The maximum Gasteiger partial charge on any atom is 0.306 e. The maximum atomic E-state index is 12.9. The predicted octanol–water partition coefficient (Wildman–Crippen LogP) is 19.3. The number of allylic oxidation sites excluding steroid dienone is 16. The standard InChI is InChI=1S/C63H106O6/c1-4-7-10-13-16-19-22-25-28-30-31-33-35-38-41-44-47-50-53-56-62(65)68-59-60(58-67-61(64)55-52-49-46-43-40-37-34-27-24-21-18-15-12-9-6-3)69-63(66)57-54-51-48-45-42-39-36-32-29-26-23-20-17-14-11-8-5-2/h9,12,15,17-18,20-21,24,26-27,29-31,34,37,40,60H,4-8,10-11,13-14,16,19,22-23,25,28,32-33,35-36,38-39,41-59H2,1-3H3/b12-9-,18-15-,20-17-,24-21-,29-26-,31-30-,34-27-,40-37-. The van der Waals surface area contributed by atoms with Crippen LogP contribution in [-0.4, -0.2) is 37.2 Å². The van der Waals surface area contributed by atoms with Gasteiger partial charge < -0.3 is 14.2 Å². The molecule has 6 nitrogen and oxygen atoms in total. The minimum Gasteiger partial charge on any atom is -0.462 e. The Labute approximate surface area is 426 Å². The van der Waals surface area contributed by atoms with Gasteiger partial charge in [-0.05, 0) is 96.3 Å². The average molecular weight is 960 g/mol. The molecule has 0 rings (SSSR count). The molecule has 1 atom stereocenters. The van der Waals surface area contributed by atoms with Crippen molar-refractivity contribution in [3.63, 3.8) is 0 Å². The summed E-state index contributed by atoms with van der Waals surface area (Å²) in [6.07, 6.45) is 75.4. The lowest BCUT2D eigenvalue weighted by atomic mass is 10.1. The van der Waals surface area contributed by atoms with Crippen LogP contribution in [0, 0.1) is 0 Å². The largest absolute Gasteiger partial charge is 0.462 e. The Bertz CT molecular complexity index is 1380. The van der Waals surface area contributed by atoms with Gasteiger partial charge >= 0.3 is 17.9 Å². The van der Waals surface area contributed by atoms with Crippen LogP contribution in [0.4, 0.5) is 0 Å². The van der Waals surface area contributed by atoms with Crippen LogP contribution in [0.1, 0.15) is 265 Å². The third-order valence-corrected chi connectivity index (χ3v) is 12.2. The van der Waals surface area contributed by atoms with E-state index in [9.17, 15) is 14.4 Å². The summed E-state index contributed by atoms with van der Waals surface area (Å²) >= 11 is 0. The van der Waals surface area contributed by atoms with Crippen molar-refractivity contribution < 1.29 is 28.6 Å². The van der Waals surface area contributed by atoms with Gasteiger partial charge in [-0.1, -0.05) is 246 Å². The second-order valence-electron chi connectivity index (χ2n) is 18.9. The number of unbranched alkanes of at least 4 members (excludes halogenated alkanes) is 28. The molecular formula is C63H106O6. The lowest BCUT2D eigenvalue weighted by Crippen LogP contribution is -2.30. The first kappa shape index (κ1) is 65.3. The Kier molecular flexibility index (Phi) is 53.9. The summed E-state index contributed by atoms with van der Waals surface area (Å²) < 4.78 is 16.8. The minimum atomic E-state index is -0.803. The van der Waals surface area contributed by atoms with Crippen molar-refractivity contribution >= 4 is 17.9 Å². The topological polar surface area (TPSA) is 78.9 Å². The molecule has 0 spiro atoms. The zero-order valence-electron chi connectivity index (χ0n) is 45.0. The zero-order chi connectivity index (χ0) is 50.0. The second-order valence-corrected chi connectivity index (χ2v) is 18.9. The molecule has 0 heterocycles. The lowest BCUT2D eigenvalue weighted by molar-refractivity contribution is -0.167. The van der Waals surface area contributed by atoms with E-state index in [2.05, 4.69) is 69.4 Å². The summed E-state index contributed by atoms with van der Waals surface area (Å²) in [5.74, 6) is -0.949. The SMILES string of the molecule is CC\C=C/C=C\C=C/C=C\C=C/CCCCCC(=O)OCC(COC(=O)CCCCCCCCC/C=C\CCCCCCCCCC)OC(=O)CCCCCCCCC/C=C\C/C=C\CCCCC. The van der Waals surface area contributed by atoms with Gasteiger partial charge in [-0.15, -0.1) is 0 Å². The first-order valence-corrected chi connectivity index (χ1v) is 28.8. The Hall–Kier alpha value is -3.67. The molecule has 0 aromatic carbocycles. The molecule has 0 saturated heterocycles. The fraction of sp³-hybridized carbons (Fsp3) is 0.698. The number of rotatable bonds is 51. The Balaban J connectivity index is 4.46. The molecule has 0 aliphatic carbocycles. The molecule has 0 radical (unpaired) electrons. The predicted molar refractivity (Wildman–Crippen MR) is 297 cm³/mol. The maximum absolute atomic E-state index is 12.9. The molecular weight excluding hydrogens is 853 g/mol. The summed E-state index contributed by atoms with van der Waals surface area (Å²) in [4.78, 5) is 38.2. The first-order valence-electron chi connectivity index (χ1n) is 28.8. The summed E-state index contributed by atoms with van der Waals surface area (Å²) in [7, 11) is 0. The van der Waals surface area contributed by atoms with Gasteiger partial charge in [0.25, 0.3) is 0 Å². The van der Waals surface area contributed by atoms with Crippen molar-refractivity contribution in [3.05, 3.63) is 97.2 Å². The monoisotopic (exact) mass is 959 g/mol. The van der Waals surface area contributed by atoms with E-state index in [-0.39, 0.29) is 31.1 Å². The molecule has 6 heteroatoms. The van der Waals surface area contributed by atoms with Crippen LogP contribution in [0.2, 0.25) is 0 Å². The van der Waals surface area contributed by atoms with Gasteiger partial charge in [-0.3, -0.25) is 14.4 Å². The summed E-state index contributed by atoms with van der Waals surface area (Å²) in [5.41, 5.74) is 0. The average Bonchev–Trinajstić information content (AvgIpc) is 3.35. The molecule has 0 bridgehead atoms. The molecule has 1 unspecified atom stereocenters. The highest BCUT2D eigenvalue weighted by molar-refractivity contribution is 5.71. The van der Waals surface area contributed by atoms with Gasteiger partial charge in [0.2, 0.25) is 0 Å². The second kappa shape index (κ2) is 56.9. The van der Waals surface area contributed by atoms with E-state index in [4.69, 9.17) is 14.2 Å². The number of carbonyl (C=O) groups excluding carboxylic acids is 3. The molecule has 0 aliphatic rings. The van der Waals surface area contributed by atoms with Crippen LogP contribution in [0.3, 0.4) is 0 Å². The van der Waals surface area contributed by atoms with Gasteiger partial charge in [0, 0.05) is 19.3 Å². The Morgan fingerprint density at radius 3 is 1.06 bits per heavy atom. The van der Waals surface area contributed by atoms with Crippen molar-refractivity contribution in [1.29, 1.82) is 0 Å². The van der Waals surface area contributed by atoms with Crippen molar-refractivity contribution in [2.45, 2.75) is 271 Å². The van der Waals surface area contributed by atoms with E-state index in [1.807, 2.05) is 48.6 Å². The highest BCUT2D eigenvalue weighted by Gasteiger charge is 2.19. The lowest BCUT2D eigenvalue weighted by Gasteiger charge is -2.18. The van der Waals surface area contributed by atoms with E-state index < -0.39 is 6.10 Å². The van der Waals surface area contributed by atoms with E-state index in [0.717, 1.165) is 83.5 Å². The number of ether oxygens (including phenoxy) is 3. The number of esters is 3. The molecule has 0 aromatic rings. The third kappa shape index (κ3) is 55.1. The Morgan fingerprint density at radius 1 is 0.319 bits per heavy atom. The molecule has 394 valence electrons. The van der Waals surface area contributed by atoms with Crippen LogP contribution in [0.15, 0.2) is 97.2 Å². The van der Waals surface area contributed by atoms with E-state index in [1.54, 1.807) is 0 Å². The van der Waals surface area contributed by atoms with Crippen LogP contribution in [0.25, 0.3) is 0 Å². The van der Waals surface area contributed by atoms with Crippen LogP contribution >= 0.6 is 0 Å². The van der Waals surface area contributed by atoms with Gasteiger partial charge in [-0.25, -0.2) is 0 Å². The molecule has 0 N–H and O–H groups in total. The van der Waals surface area contributed by atoms with E-state index in [0.29, 0.717) is 19.3 Å². The zero-order valence-corrected chi connectivity index (χ0v) is 45.0. The molecule has 0 saturated carbocycles. The number of hydrogen-bond acceptors (Lipinski definition) is 6. The smallest absolute Gasteiger partial charge is 0.306 e. The molecule has 0 aromatic heterocycles. The quantitative estimate of drug-likeness (QED) is 0.0199. The fourth-order valence-electron chi connectivity index (χ4n) is 7.84. The number of carbonyl (C=O) groups is 3. The van der Waals surface area contributed by atoms with Gasteiger partial charge in [0.05, 0.1) is 0 Å². The highest BCUT2D eigenvalue weighted by Crippen LogP contribution is 2.15. The van der Waals surface area contributed by atoms with Gasteiger partial charge in [0.1, 0.15) is 13.2 Å². The molecule has 0 amide bonds.